The van der Waals surface area contributed by atoms with E-state index >= 15 is 0 Å². The van der Waals surface area contributed by atoms with Crippen molar-refractivity contribution in [3.05, 3.63) is 83.6 Å². The summed E-state index contributed by atoms with van der Waals surface area (Å²) < 4.78 is 27.3. The monoisotopic (exact) mass is 407 g/mol. The van der Waals surface area contributed by atoms with Crippen LogP contribution in [0.2, 0.25) is 0 Å². The van der Waals surface area contributed by atoms with Gasteiger partial charge in [-0.15, -0.1) is 0 Å². The van der Waals surface area contributed by atoms with Gasteiger partial charge in [-0.2, -0.15) is 0 Å². The molecule has 2 N–H and O–H groups in total. The quantitative estimate of drug-likeness (QED) is 0.669. The third-order valence-corrected chi connectivity index (χ3v) is 6.31. The maximum Gasteiger partial charge on any atom is 0.263 e. The van der Waals surface area contributed by atoms with Crippen LogP contribution in [0, 0.1) is 0 Å². The molecule has 6 nitrogen and oxygen atoms in total. The van der Waals surface area contributed by atoms with Gasteiger partial charge in [0.05, 0.1) is 4.90 Å². The van der Waals surface area contributed by atoms with Crippen LogP contribution in [0.5, 0.6) is 0 Å². The number of carbonyl (C=O) groups is 1. The number of hydrogen-bond acceptors (Lipinski definition) is 4. The van der Waals surface area contributed by atoms with E-state index in [4.69, 9.17) is 0 Å². The minimum Gasteiger partial charge on any atom is -0.322 e. The van der Waals surface area contributed by atoms with E-state index in [1.165, 1.54) is 35.9 Å². The van der Waals surface area contributed by atoms with Gasteiger partial charge in [-0.3, -0.25) is 9.52 Å². The molecule has 2 aromatic carbocycles. The molecule has 0 fully saturated rings. The summed E-state index contributed by atoms with van der Waals surface area (Å²) in [6, 6.07) is 16.9. The largest absolute Gasteiger partial charge is 0.322 e. The zero-order valence-corrected chi connectivity index (χ0v) is 16.6. The number of anilines is 2. The first kappa shape index (κ1) is 19.1. The molecule has 1 aliphatic carbocycles. The fourth-order valence-electron chi connectivity index (χ4n) is 3.42. The van der Waals surface area contributed by atoms with E-state index in [1.54, 1.807) is 30.3 Å². The molecule has 0 bridgehead atoms. The summed E-state index contributed by atoms with van der Waals surface area (Å²) in [4.78, 5) is 16.6. The van der Waals surface area contributed by atoms with Crippen LogP contribution in [-0.2, 0) is 22.9 Å². The van der Waals surface area contributed by atoms with E-state index in [0.717, 1.165) is 19.3 Å². The number of aryl methyl sites for hydroxylation is 2. The van der Waals surface area contributed by atoms with Crippen molar-refractivity contribution < 1.29 is 13.2 Å². The Balaban J connectivity index is 1.46. The highest BCUT2D eigenvalue weighted by Gasteiger charge is 2.16. The summed E-state index contributed by atoms with van der Waals surface area (Å²) in [7, 11) is -3.75. The molecule has 1 amide bonds. The fourth-order valence-corrected chi connectivity index (χ4v) is 4.42. The molecule has 0 aliphatic heterocycles. The first-order valence-electron chi connectivity index (χ1n) is 9.48. The van der Waals surface area contributed by atoms with Crippen molar-refractivity contribution in [2.24, 2.45) is 0 Å². The van der Waals surface area contributed by atoms with Crippen LogP contribution in [0.1, 0.15) is 34.3 Å². The van der Waals surface area contributed by atoms with Gasteiger partial charge in [0.2, 0.25) is 0 Å². The second-order valence-corrected chi connectivity index (χ2v) is 8.67. The van der Waals surface area contributed by atoms with Crippen LogP contribution in [0.25, 0.3) is 0 Å². The van der Waals surface area contributed by atoms with Gasteiger partial charge in [-0.25, -0.2) is 13.4 Å². The molecule has 0 saturated heterocycles. The van der Waals surface area contributed by atoms with E-state index in [2.05, 4.69) is 15.0 Å². The maximum atomic E-state index is 12.6. The smallest absolute Gasteiger partial charge is 0.263 e. The number of benzene rings is 2. The number of pyridine rings is 1. The van der Waals surface area contributed by atoms with Crippen molar-refractivity contribution in [3.8, 4) is 0 Å². The molecule has 148 valence electrons. The number of nitrogens with one attached hydrogen (secondary N) is 2. The van der Waals surface area contributed by atoms with Crippen molar-refractivity contribution in [3.63, 3.8) is 0 Å². The molecule has 0 spiro atoms. The predicted octanol–water partition coefficient (Wildman–Crippen LogP) is 4.01. The average Bonchev–Trinajstić information content (AvgIpc) is 2.74. The molecule has 1 heterocycles. The van der Waals surface area contributed by atoms with Gasteiger partial charge in [0, 0.05) is 17.4 Å². The zero-order chi connectivity index (χ0) is 20.3. The van der Waals surface area contributed by atoms with E-state index in [1.807, 2.05) is 18.2 Å². The number of carbonyl (C=O) groups excluding carboxylic acids is 1. The first-order valence-corrected chi connectivity index (χ1v) is 11.0. The van der Waals surface area contributed by atoms with Gasteiger partial charge in [0.1, 0.15) is 5.82 Å². The Kier molecular flexibility index (Phi) is 5.31. The number of nitrogens with zero attached hydrogens (tertiary/aromatic N) is 1. The molecule has 0 atom stereocenters. The van der Waals surface area contributed by atoms with E-state index in [0.29, 0.717) is 11.3 Å². The summed E-state index contributed by atoms with van der Waals surface area (Å²) in [6.45, 7) is 0. The van der Waals surface area contributed by atoms with Crippen LogP contribution in [0.15, 0.2) is 71.8 Å². The average molecular weight is 407 g/mol. The van der Waals surface area contributed by atoms with Crippen LogP contribution in [-0.4, -0.2) is 19.3 Å². The number of hydrogen-bond donors (Lipinski definition) is 2. The lowest BCUT2D eigenvalue weighted by Gasteiger charge is -2.16. The van der Waals surface area contributed by atoms with E-state index in [9.17, 15) is 13.2 Å². The molecule has 4 rings (SSSR count). The van der Waals surface area contributed by atoms with Crippen LogP contribution >= 0.6 is 0 Å². The summed E-state index contributed by atoms with van der Waals surface area (Å²) in [5.74, 6) is 0.0397. The van der Waals surface area contributed by atoms with Crippen molar-refractivity contribution in [1.82, 2.24) is 4.98 Å². The number of amides is 1. The molecular weight excluding hydrogens is 386 g/mol. The molecule has 1 aromatic heterocycles. The SMILES string of the molecule is O=C(Nc1ccc(S(=O)(=O)Nc2ccccn2)cc1)c1ccc2c(c1)CCCC2. The zero-order valence-electron chi connectivity index (χ0n) is 15.8. The predicted molar refractivity (Wildman–Crippen MR) is 113 cm³/mol. The maximum absolute atomic E-state index is 12.6. The van der Waals surface area contributed by atoms with Gasteiger partial charge in [-0.1, -0.05) is 12.1 Å². The Labute approximate surface area is 170 Å². The second-order valence-electron chi connectivity index (χ2n) is 6.99. The molecular formula is C22H21N3O3S. The summed E-state index contributed by atoms with van der Waals surface area (Å²) in [5, 5.41) is 2.83. The lowest BCUT2D eigenvalue weighted by atomic mass is 9.90. The third kappa shape index (κ3) is 4.46. The van der Waals surface area contributed by atoms with Crippen molar-refractivity contribution in [1.29, 1.82) is 0 Å². The normalized spacial score (nSPS) is 13.4. The first-order chi connectivity index (χ1) is 14.0. The lowest BCUT2D eigenvalue weighted by Crippen LogP contribution is -2.15. The third-order valence-electron chi connectivity index (χ3n) is 4.94. The fraction of sp³-hybridized carbons (Fsp3) is 0.182. The van der Waals surface area contributed by atoms with E-state index < -0.39 is 10.0 Å². The lowest BCUT2D eigenvalue weighted by molar-refractivity contribution is 0.102. The highest BCUT2D eigenvalue weighted by Crippen LogP contribution is 2.23. The molecule has 29 heavy (non-hydrogen) atoms. The second kappa shape index (κ2) is 8.05. The minimum absolute atomic E-state index is 0.0925. The molecule has 3 aromatic rings. The van der Waals surface area contributed by atoms with Crippen molar-refractivity contribution >= 4 is 27.4 Å². The molecule has 0 radical (unpaired) electrons. The summed E-state index contributed by atoms with van der Waals surface area (Å²) >= 11 is 0. The number of aromatic nitrogens is 1. The Hall–Kier alpha value is -3.19. The standard InChI is InChI=1S/C22H21N3O3S/c26-22(18-9-8-16-5-1-2-6-17(16)15-18)24-19-10-12-20(13-11-19)29(27,28)25-21-7-3-4-14-23-21/h3-4,7-15H,1-2,5-6H2,(H,23,25)(H,24,26). The summed E-state index contributed by atoms with van der Waals surface area (Å²) in [5.41, 5.74) is 3.71. The van der Waals surface area contributed by atoms with Gasteiger partial charge in [0.25, 0.3) is 15.9 Å². The van der Waals surface area contributed by atoms with Gasteiger partial charge < -0.3 is 5.32 Å². The van der Waals surface area contributed by atoms with Gasteiger partial charge in [0.15, 0.2) is 0 Å². The minimum atomic E-state index is -3.75. The van der Waals surface area contributed by atoms with E-state index in [-0.39, 0.29) is 16.6 Å². The number of rotatable bonds is 5. The highest BCUT2D eigenvalue weighted by atomic mass is 32.2. The van der Waals surface area contributed by atoms with Crippen LogP contribution in [0.4, 0.5) is 11.5 Å². The van der Waals surface area contributed by atoms with Gasteiger partial charge in [-0.05, 0) is 85.3 Å². The Bertz CT molecular complexity index is 1130. The number of fused-ring (bicyclic) bond motifs is 1. The number of sulfonamides is 1. The Morgan fingerprint density at radius 2 is 1.66 bits per heavy atom. The molecule has 7 heteroatoms. The summed E-state index contributed by atoms with van der Waals surface area (Å²) in [6.07, 6.45) is 5.94. The Morgan fingerprint density at radius 1 is 0.897 bits per heavy atom. The van der Waals surface area contributed by atoms with Gasteiger partial charge >= 0.3 is 0 Å². The van der Waals surface area contributed by atoms with Crippen molar-refractivity contribution in [2.75, 3.05) is 10.0 Å². The van der Waals surface area contributed by atoms with Crippen LogP contribution in [0.3, 0.4) is 0 Å². The molecule has 0 unspecified atom stereocenters. The Morgan fingerprint density at radius 3 is 2.38 bits per heavy atom. The van der Waals surface area contributed by atoms with Crippen molar-refractivity contribution in [2.45, 2.75) is 30.6 Å². The topological polar surface area (TPSA) is 88.2 Å². The van der Waals surface area contributed by atoms with Crippen LogP contribution < -0.4 is 10.0 Å². The molecule has 0 saturated carbocycles. The molecule has 1 aliphatic rings. The highest BCUT2D eigenvalue weighted by molar-refractivity contribution is 7.92.